The van der Waals surface area contributed by atoms with Gasteiger partial charge in [0.15, 0.2) is 11.5 Å². The summed E-state index contributed by atoms with van der Waals surface area (Å²) in [6.07, 6.45) is 3.82. The van der Waals surface area contributed by atoms with Gasteiger partial charge in [0.1, 0.15) is 5.82 Å². The van der Waals surface area contributed by atoms with Gasteiger partial charge in [-0.1, -0.05) is 38.1 Å². The Kier molecular flexibility index (Phi) is 6.40. The molecule has 10 nitrogen and oxygen atoms in total. The van der Waals surface area contributed by atoms with Gasteiger partial charge in [-0.15, -0.1) is 0 Å². The number of nitrogens with one attached hydrogen (secondary N) is 4. The molecule has 5 rings (SSSR count). The van der Waals surface area contributed by atoms with Crippen LogP contribution in [0.4, 0.5) is 10.2 Å². The van der Waals surface area contributed by atoms with E-state index in [2.05, 4.69) is 41.3 Å². The highest BCUT2D eigenvalue weighted by Crippen LogP contribution is 2.33. The minimum Gasteiger partial charge on any atom is -0.364 e. The van der Waals surface area contributed by atoms with Crippen molar-refractivity contribution in [2.75, 3.05) is 18.4 Å². The maximum absolute atomic E-state index is 15.1. The van der Waals surface area contributed by atoms with Gasteiger partial charge in [0.2, 0.25) is 5.89 Å². The van der Waals surface area contributed by atoms with Gasteiger partial charge in [0, 0.05) is 36.3 Å². The van der Waals surface area contributed by atoms with Crippen LogP contribution in [-0.2, 0) is 12.0 Å². The summed E-state index contributed by atoms with van der Waals surface area (Å²) >= 11 is 0. The molecule has 4 N–H and O–H groups in total. The van der Waals surface area contributed by atoms with Crippen molar-refractivity contribution in [1.29, 1.82) is 0 Å². The standard InChI is InChI=1S/C25H29FN8O2/c1-25(2,3)24-31-22(34-36-24)23(35)29-12-15-7-6-14(11-18(15)26)17-8-10-28-20-19(17)21(33-32-20)30-16-5-4-9-27-13-16/h6-8,10-11,16,27H,4-5,9,12-13H2,1-3H3,(H,29,35)(H2,28,30,32,33)/t16-/m1/s1. The number of amides is 1. The fourth-order valence-corrected chi connectivity index (χ4v) is 4.20. The molecular formula is C25H29FN8O2. The smallest absolute Gasteiger partial charge is 0.292 e. The van der Waals surface area contributed by atoms with Crippen LogP contribution in [0.25, 0.3) is 22.2 Å². The first-order chi connectivity index (χ1) is 17.3. The lowest BCUT2D eigenvalue weighted by molar-refractivity contribution is 0.0937. The third-order valence-corrected chi connectivity index (χ3v) is 6.17. The number of carbonyl (C=O) groups is 1. The Labute approximate surface area is 207 Å². The van der Waals surface area contributed by atoms with Crippen LogP contribution in [0.15, 0.2) is 35.0 Å². The molecule has 3 aromatic heterocycles. The largest absolute Gasteiger partial charge is 0.364 e. The molecule has 0 unspecified atom stereocenters. The Hall–Kier alpha value is -3.86. The first-order valence-corrected chi connectivity index (χ1v) is 12.0. The van der Waals surface area contributed by atoms with Gasteiger partial charge < -0.3 is 20.5 Å². The monoisotopic (exact) mass is 492 g/mol. The maximum Gasteiger partial charge on any atom is 0.292 e. The van der Waals surface area contributed by atoms with Gasteiger partial charge in [-0.2, -0.15) is 10.1 Å². The molecule has 1 aliphatic heterocycles. The van der Waals surface area contributed by atoms with Gasteiger partial charge >= 0.3 is 0 Å². The normalized spacial score (nSPS) is 16.3. The Morgan fingerprint density at radius 1 is 1.28 bits per heavy atom. The second kappa shape index (κ2) is 9.65. The van der Waals surface area contributed by atoms with E-state index in [0.29, 0.717) is 28.5 Å². The van der Waals surface area contributed by atoms with Gasteiger partial charge in [0.25, 0.3) is 11.7 Å². The molecule has 0 aliphatic carbocycles. The van der Waals surface area contributed by atoms with E-state index in [1.54, 1.807) is 12.3 Å². The van der Waals surface area contributed by atoms with Crippen molar-refractivity contribution in [2.24, 2.45) is 0 Å². The number of aromatic amines is 1. The quantitative estimate of drug-likeness (QED) is 0.321. The lowest BCUT2D eigenvalue weighted by Crippen LogP contribution is -2.38. The summed E-state index contributed by atoms with van der Waals surface area (Å²) in [5, 5.41) is 21.5. The van der Waals surface area contributed by atoms with E-state index in [9.17, 15) is 4.79 Å². The summed E-state index contributed by atoms with van der Waals surface area (Å²) in [4.78, 5) is 20.9. The van der Waals surface area contributed by atoms with Crippen molar-refractivity contribution in [1.82, 2.24) is 36.0 Å². The number of hydrogen-bond acceptors (Lipinski definition) is 8. The zero-order valence-electron chi connectivity index (χ0n) is 20.5. The number of hydrogen-bond donors (Lipinski definition) is 4. The molecule has 36 heavy (non-hydrogen) atoms. The molecule has 11 heteroatoms. The van der Waals surface area contributed by atoms with Crippen molar-refractivity contribution in [3.8, 4) is 11.1 Å². The highest BCUT2D eigenvalue weighted by Gasteiger charge is 2.24. The van der Waals surface area contributed by atoms with Crippen molar-refractivity contribution >= 4 is 22.8 Å². The number of H-pyrrole nitrogens is 1. The van der Waals surface area contributed by atoms with E-state index in [-0.39, 0.29) is 23.8 Å². The van der Waals surface area contributed by atoms with Gasteiger partial charge in [0.05, 0.1) is 5.39 Å². The molecule has 0 radical (unpaired) electrons. The van der Waals surface area contributed by atoms with Crippen molar-refractivity contribution in [2.45, 2.75) is 51.6 Å². The number of nitrogens with zero attached hydrogens (tertiary/aromatic N) is 4. The zero-order valence-corrected chi connectivity index (χ0v) is 20.5. The summed E-state index contributed by atoms with van der Waals surface area (Å²) in [6.45, 7) is 7.59. The Bertz CT molecular complexity index is 1380. The van der Waals surface area contributed by atoms with Crippen LogP contribution >= 0.6 is 0 Å². The number of anilines is 1. The molecule has 4 aromatic rings. The van der Waals surface area contributed by atoms with Gasteiger partial charge in [-0.05, 0) is 42.6 Å². The van der Waals surface area contributed by atoms with E-state index in [4.69, 9.17) is 4.52 Å². The average molecular weight is 493 g/mol. The van der Waals surface area contributed by atoms with Crippen molar-refractivity contribution in [3.63, 3.8) is 0 Å². The van der Waals surface area contributed by atoms with E-state index >= 15 is 4.39 Å². The fourth-order valence-electron chi connectivity index (χ4n) is 4.20. The first kappa shape index (κ1) is 23.9. The number of pyridine rings is 1. The Morgan fingerprint density at radius 2 is 2.14 bits per heavy atom. The van der Waals surface area contributed by atoms with Crippen LogP contribution in [0.2, 0.25) is 0 Å². The number of rotatable bonds is 6. The highest BCUT2D eigenvalue weighted by atomic mass is 19.1. The lowest BCUT2D eigenvalue weighted by Gasteiger charge is -2.24. The minimum atomic E-state index is -0.528. The van der Waals surface area contributed by atoms with E-state index in [1.165, 1.54) is 6.07 Å². The van der Waals surface area contributed by atoms with E-state index in [0.717, 1.165) is 36.9 Å². The summed E-state index contributed by atoms with van der Waals surface area (Å²) in [7, 11) is 0. The predicted molar refractivity (Wildman–Crippen MR) is 133 cm³/mol. The molecule has 4 heterocycles. The Balaban J connectivity index is 1.34. The zero-order chi connectivity index (χ0) is 25.3. The van der Waals surface area contributed by atoms with Crippen molar-refractivity contribution in [3.05, 3.63) is 53.6 Å². The SMILES string of the molecule is CC(C)(C)c1nc(C(=O)NCc2ccc(-c3ccnc4[nH]nc(N[C@@H]5CCCNC5)c34)cc2F)no1. The highest BCUT2D eigenvalue weighted by molar-refractivity contribution is 6.00. The number of carbonyl (C=O) groups excluding carboxylic acids is 1. The molecule has 1 atom stereocenters. The molecule has 1 saturated heterocycles. The predicted octanol–water partition coefficient (Wildman–Crippen LogP) is 3.54. The Morgan fingerprint density at radius 3 is 2.86 bits per heavy atom. The molecule has 1 amide bonds. The minimum absolute atomic E-state index is 0.0106. The topological polar surface area (TPSA) is 134 Å². The third kappa shape index (κ3) is 4.92. The molecular weight excluding hydrogens is 463 g/mol. The lowest BCUT2D eigenvalue weighted by atomic mass is 9.97. The molecule has 0 saturated carbocycles. The first-order valence-electron chi connectivity index (χ1n) is 12.0. The maximum atomic E-state index is 15.1. The number of aromatic nitrogens is 5. The second-order valence-corrected chi connectivity index (χ2v) is 10.0. The number of benzene rings is 1. The van der Waals surface area contributed by atoms with Crippen LogP contribution in [-0.4, -0.2) is 50.4 Å². The van der Waals surface area contributed by atoms with Gasteiger partial charge in [-0.25, -0.2) is 9.37 Å². The van der Waals surface area contributed by atoms with E-state index in [1.807, 2.05) is 32.9 Å². The van der Waals surface area contributed by atoms with Crippen LogP contribution < -0.4 is 16.0 Å². The number of fused-ring (bicyclic) bond motifs is 1. The fraction of sp³-hybridized carbons (Fsp3) is 0.400. The van der Waals surface area contributed by atoms with Crippen LogP contribution in [0.5, 0.6) is 0 Å². The number of halogens is 1. The van der Waals surface area contributed by atoms with Crippen LogP contribution in [0.3, 0.4) is 0 Å². The molecule has 1 aliphatic rings. The molecule has 0 spiro atoms. The van der Waals surface area contributed by atoms with Crippen LogP contribution in [0, 0.1) is 5.82 Å². The van der Waals surface area contributed by atoms with Crippen LogP contribution in [0.1, 0.15) is 55.7 Å². The third-order valence-electron chi connectivity index (χ3n) is 6.17. The molecule has 1 aromatic carbocycles. The van der Waals surface area contributed by atoms with Crippen molar-refractivity contribution < 1.29 is 13.7 Å². The molecule has 0 bridgehead atoms. The summed E-state index contributed by atoms with van der Waals surface area (Å²) < 4.78 is 20.2. The van der Waals surface area contributed by atoms with Gasteiger partial charge in [-0.3, -0.25) is 9.89 Å². The second-order valence-electron chi connectivity index (χ2n) is 10.0. The summed E-state index contributed by atoms with van der Waals surface area (Å²) in [5.41, 5.74) is 2.11. The summed E-state index contributed by atoms with van der Waals surface area (Å²) in [6, 6.07) is 7.05. The van der Waals surface area contributed by atoms with E-state index < -0.39 is 11.7 Å². The average Bonchev–Trinajstić information content (AvgIpc) is 3.52. The summed E-state index contributed by atoms with van der Waals surface area (Å²) in [5.74, 6) is 0.0212. The molecule has 188 valence electrons. The molecule has 1 fully saturated rings. The number of piperidine rings is 1.